The molecule has 0 saturated carbocycles. The monoisotopic (exact) mass is 449 g/mol. The standard InChI is InChI=1S/C24H23N3O2S2/c1-16-11-17(2)13-18(12-16)27-23(29)20-8-4-5-9-21(20)25-24(27)31-15-22(28)26(3)14-19-7-6-10-30-19/h4-13H,14-15H2,1-3H3. The topological polar surface area (TPSA) is 55.2 Å². The van der Waals surface area contributed by atoms with E-state index in [0.29, 0.717) is 22.6 Å². The van der Waals surface area contributed by atoms with Crippen LogP contribution >= 0.6 is 23.1 Å². The third-order valence-corrected chi connectivity index (χ3v) is 6.72. The molecule has 0 aliphatic rings. The summed E-state index contributed by atoms with van der Waals surface area (Å²) in [6, 6.07) is 17.3. The van der Waals surface area contributed by atoms with Gasteiger partial charge in [0.05, 0.1) is 28.9 Å². The molecule has 2 aromatic carbocycles. The molecule has 2 aromatic heterocycles. The lowest BCUT2D eigenvalue weighted by molar-refractivity contribution is -0.127. The second-order valence-corrected chi connectivity index (χ2v) is 9.49. The number of fused-ring (bicyclic) bond motifs is 1. The number of benzene rings is 2. The van der Waals surface area contributed by atoms with Crippen LogP contribution < -0.4 is 5.56 Å². The minimum atomic E-state index is -0.127. The first kappa shape index (κ1) is 21.3. The summed E-state index contributed by atoms with van der Waals surface area (Å²) >= 11 is 2.93. The molecule has 5 nitrogen and oxygen atoms in total. The van der Waals surface area contributed by atoms with E-state index in [4.69, 9.17) is 4.98 Å². The van der Waals surface area contributed by atoms with E-state index in [1.807, 2.05) is 61.7 Å². The fourth-order valence-electron chi connectivity index (χ4n) is 3.48. The number of carbonyl (C=O) groups excluding carboxylic acids is 1. The number of thioether (sulfide) groups is 1. The van der Waals surface area contributed by atoms with Gasteiger partial charge in [-0.25, -0.2) is 4.98 Å². The first-order valence-electron chi connectivity index (χ1n) is 9.92. The summed E-state index contributed by atoms with van der Waals surface area (Å²) in [5, 5.41) is 3.09. The third kappa shape index (κ3) is 4.73. The maximum absolute atomic E-state index is 13.4. The predicted octanol–water partition coefficient (Wildman–Crippen LogP) is 4.81. The lowest BCUT2D eigenvalue weighted by atomic mass is 10.1. The molecule has 7 heteroatoms. The van der Waals surface area contributed by atoms with E-state index in [0.717, 1.165) is 21.7 Å². The van der Waals surface area contributed by atoms with E-state index in [9.17, 15) is 9.59 Å². The number of nitrogens with zero attached hydrogens (tertiary/aromatic N) is 3. The van der Waals surface area contributed by atoms with E-state index in [2.05, 4.69) is 6.07 Å². The highest BCUT2D eigenvalue weighted by Crippen LogP contribution is 2.23. The van der Waals surface area contributed by atoms with Gasteiger partial charge < -0.3 is 4.90 Å². The van der Waals surface area contributed by atoms with Crippen molar-refractivity contribution in [3.8, 4) is 5.69 Å². The average molecular weight is 450 g/mol. The molecule has 2 heterocycles. The molecule has 158 valence electrons. The SMILES string of the molecule is Cc1cc(C)cc(-n2c(SCC(=O)N(C)Cc3cccs3)nc3ccccc3c2=O)c1. The molecule has 0 N–H and O–H groups in total. The molecule has 31 heavy (non-hydrogen) atoms. The van der Waals surface area contributed by atoms with E-state index in [1.165, 1.54) is 11.8 Å². The first-order valence-corrected chi connectivity index (χ1v) is 11.8. The molecule has 1 amide bonds. The third-order valence-electron chi connectivity index (χ3n) is 4.93. The van der Waals surface area contributed by atoms with E-state index >= 15 is 0 Å². The zero-order valence-electron chi connectivity index (χ0n) is 17.7. The highest BCUT2D eigenvalue weighted by atomic mass is 32.2. The van der Waals surface area contributed by atoms with Gasteiger partial charge >= 0.3 is 0 Å². The van der Waals surface area contributed by atoms with Crippen LogP contribution in [0.2, 0.25) is 0 Å². The number of aryl methyl sites for hydroxylation is 2. The Hall–Kier alpha value is -2.90. The number of aromatic nitrogens is 2. The second kappa shape index (κ2) is 9.08. The van der Waals surface area contributed by atoms with Crippen molar-refractivity contribution >= 4 is 39.9 Å². The summed E-state index contributed by atoms with van der Waals surface area (Å²) in [4.78, 5) is 33.7. The van der Waals surface area contributed by atoms with Crippen LogP contribution in [0.15, 0.2) is 69.9 Å². The number of hydrogen-bond donors (Lipinski definition) is 0. The maximum Gasteiger partial charge on any atom is 0.266 e. The number of carbonyl (C=O) groups is 1. The van der Waals surface area contributed by atoms with Crippen molar-refractivity contribution in [1.82, 2.24) is 14.5 Å². The van der Waals surface area contributed by atoms with E-state index in [-0.39, 0.29) is 17.2 Å². The van der Waals surface area contributed by atoms with Gasteiger partial charge in [0.25, 0.3) is 5.56 Å². The number of amides is 1. The minimum absolute atomic E-state index is 0.00668. The van der Waals surface area contributed by atoms with Crippen LogP contribution in [0.5, 0.6) is 0 Å². The summed E-state index contributed by atoms with van der Waals surface area (Å²) in [5.41, 5.74) is 3.41. The van der Waals surface area contributed by atoms with Gasteiger partial charge in [0.2, 0.25) is 5.91 Å². The van der Waals surface area contributed by atoms with Gasteiger partial charge in [-0.15, -0.1) is 11.3 Å². The molecule has 0 bridgehead atoms. The zero-order chi connectivity index (χ0) is 22.0. The van der Waals surface area contributed by atoms with Crippen LogP contribution in [0, 0.1) is 13.8 Å². The Bertz CT molecular complexity index is 1280. The Balaban J connectivity index is 1.69. The quantitative estimate of drug-likeness (QED) is 0.313. The zero-order valence-corrected chi connectivity index (χ0v) is 19.3. The van der Waals surface area contributed by atoms with Crippen LogP contribution in [0.1, 0.15) is 16.0 Å². The molecule has 4 rings (SSSR count). The Morgan fingerprint density at radius 2 is 1.84 bits per heavy atom. The van der Waals surface area contributed by atoms with Crippen molar-refractivity contribution in [2.24, 2.45) is 0 Å². The van der Waals surface area contributed by atoms with Crippen LogP contribution in [0.3, 0.4) is 0 Å². The molecule has 0 spiro atoms. The Morgan fingerprint density at radius 3 is 2.55 bits per heavy atom. The van der Waals surface area contributed by atoms with Crippen LogP contribution in [0.4, 0.5) is 0 Å². The van der Waals surface area contributed by atoms with Gasteiger partial charge in [-0.3, -0.25) is 14.2 Å². The molecule has 0 saturated heterocycles. The molecular weight excluding hydrogens is 426 g/mol. The molecule has 0 aliphatic carbocycles. The van der Waals surface area contributed by atoms with Gasteiger partial charge in [0.1, 0.15) is 0 Å². The summed E-state index contributed by atoms with van der Waals surface area (Å²) in [5.74, 6) is 0.199. The fourth-order valence-corrected chi connectivity index (χ4v) is 5.19. The molecular formula is C24H23N3O2S2. The maximum atomic E-state index is 13.4. The molecule has 0 fully saturated rings. The van der Waals surface area contributed by atoms with Crippen molar-refractivity contribution in [2.75, 3.05) is 12.8 Å². The molecule has 4 aromatic rings. The fraction of sp³-hybridized carbons (Fsp3) is 0.208. The Kier molecular flexibility index (Phi) is 6.25. The highest BCUT2D eigenvalue weighted by Gasteiger charge is 2.17. The molecule has 0 aliphatic heterocycles. The van der Waals surface area contributed by atoms with Crippen molar-refractivity contribution in [3.63, 3.8) is 0 Å². The summed E-state index contributed by atoms with van der Waals surface area (Å²) in [7, 11) is 1.80. The van der Waals surface area contributed by atoms with Gasteiger partial charge in [0, 0.05) is 11.9 Å². The van der Waals surface area contributed by atoms with Gasteiger partial charge in [0.15, 0.2) is 5.16 Å². The Labute approximate surface area is 189 Å². The van der Waals surface area contributed by atoms with E-state index < -0.39 is 0 Å². The minimum Gasteiger partial charge on any atom is -0.340 e. The van der Waals surface area contributed by atoms with Crippen LogP contribution in [-0.4, -0.2) is 33.2 Å². The number of rotatable bonds is 6. The number of hydrogen-bond acceptors (Lipinski definition) is 5. The lowest BCUT2D eigenvalue weighted by Gasteiger charge is -2.17. The lowest BCUT2D eigenvalue weighted by Crippen LogP contribution is -2.28. The van der Waals surface area contributed by atoms with Crippen LogP contribution in [-0.2, 0) is 11.3 Å². The highest BCUT2D eigenvalue weighted by molar-refractivity contribution is 7.99. The number of para-hydroxylation sites is 1. The first-order chi connectivity index (χ1) is 14.9. The van der Waals surface area contributed by atoms with Crippen molar-refractivity contribution in [2.45, 2.75) is 25.5 Å². The number of thiophene rings is 1. The Morgan fingerprint density at radius 1 is 1.10 bits per heavy atom. The summed E-state index contributed by atoms with van der Waals surface area (Å²) < 4.78 is 1.62. The normalized spacial score (nSPS) is 11.1. The van der Waals surface area contributed by atoms with Crippen LogP contribution in [0.25, 0.3) is 16.6 Å². The van der Waals surface area contributed by atoms with E-state index in [1.54, 1.807) is 33.9 Å². The largest absolute Gasteiger partial charge is 0.340 e. The molecule has 0 radical (unpaired) electrons. The molecule has 0 unspecified atom stereocenters. The van der Waals surface area contributed by atoms with Crippen molar-refractivity contribution in [3.05, 3.63) is 86.3 Å². The average Bonchev–Trinajstić information content (AvgIpc) is 3.24. The van der Waals surface area contributed by atoms with Crippen molar-refractivity contribution in [1.29, 1.82) is 0 Å². The summed E-state index contributed by atoms with van der Waals surface area (Å²) in [6.07, 6.45) is 0. The van der Waals surface area contributed by atoms with Crippen molar-refractivity contribution < 1.29 is 4.79 Å². The van der Waals surface area contributed by atoms with Gasteiger partial charge in [-0.1, -0.05) is 36.0 Å². The van der Waals surface area contributed by atoms with Gasteiger partial charge in [-0.05, 0) is 60.7 Å². The van der Waals surface area contributed by atoms with Gasteiger partial charge in [-0.2, -0.15) is 0 Å². The summed E-state index contributed by atoms with van der Waals surface area (Å²) in [6.45, 7) is 4.59. The predicted molar refractivity (Wildman–Crippen MR) is 128 cm³/mol. The second-order valence-electron chi connectivity index (χ2n) is 7.52. The smallest absolute Gasteiger partial charge is 0.266 e. The molecule has 0 atom stereocenters.